The number of carbonyl (C=O) groups is 1. The molecule has 0 aromatic carbocycles. The van der Waals surface area contributed by atoms with Gasteiger partial charge in [-0.1, -0.05) is 12.2 Å². The van der Waals surface area contributed by atoms with Gasteiger partial charge in [0.05, 0.1) is 19.9 Å². The van der Waals surface area contributed by atoms with E-state index in [1.807, 2.05) is 0 Å². The second-order valence-electron chi connectivity index (χ2n) is 6.33. The van der Waals surface area contributed by atoms with Gasteiger partial charge in [0.2, 0.25) is 11.3 Å². The molecule has 0 aliphatic heterocycles. The monoisotopic (exact) mass is 318 g/mol. The third kappa shape index (κ3) is 3.32. The number of ether oxygens (including phenoxy) is 1. The molecule has 1 fully saturated rings. The summed E-state index contributed by atoms with van der Waals surface area (Å²) in [6, 6.07) is 1.30. The van der Waals surface area contributed by atoms with Crippen LogP contribution in [-0.2, 0) is 17.9 Å². The second-order valence-corrected chi connectivity index (χ2v) is 6.33. The first-order valence-electron chi connectivity index (χ1n) is 7.94. The van der Waals surface area contributed by atoms with Gasteiger partial charge in [-0.2, -0.15) is 0 Å². The molecule has 6 nitrogen and oxygen atoms in total. The van der Waals surface area contributed by atoms with Gasteiger partial charge >= 0.3 is 0 Å². The third-order valence-electron chi connectivity index (χ3n) is 4.86. The first kappa shape index (κ1) is 15.8. The molecule has 2 aliphatic carbocycles. The quantitative estimate of drug-likeness (QED) is 0.756. The fraction of sp³-hybridized carbons (Fsp3) is 0.529. The van der Waals surface area contributed by atoms with E-state index in [2.05, 4.69) is 17.5 Å². The van der Waals surface area contributed by atoms with Crippen molar-refractivity contribution in [3.63, 3.8) is 0 Å². The number of hydrogen-bond acceptors (Lipinski definition) is 4. The number of rotatable bonds is 6. The Hall–Kier alpha value is -2.08. The molecule has 2 bridgehead atoms. The van der Waals surface area contributed by atoms with Crippen LogP contribution in [0.1, 0.15) is 18.5 Å². The van der Waals surface area contributed by atoms with Crippen molar-refractivity contribution in [1.82, 2.24) is 9.88 Å². The van der Waals surface area contributed by atoms with Crippen LogP contribution in [-0.4, -0.2) is 29.2 Å². The van der Waals surface area contributed by atoms with Crippen molar-refractivity contribution in [2.45, 2.75) is 26.0 Å². The number of pyridine rings is 1. The molecule has 1 amide bonds. The highest BCUT2D eigenvalue weighted by Crippen LogP contribution is 2.42. The lowest BCUT2D eigenvalue weighted by atomic mass is 9.94. The largest absolute Gasteiger partial charge is 0.491 e. The van der Waals surface area contributed by atoms with Gasteiger partial charge in [-0.3, -0.25) is 9.59 Å². The summed E-state index contributed by atoms with van der Waals surface area (Å²) in [5.74, 6) is 1.84. The summed E-state index contributed by atoms with van der Waals surface area (Å²) in [6.07, 6.45) is 8.37. The Balaban J connectivity index is 1.61. The van der Waals surface area contributed by atoms with Gasteiger partial charge < -0.3 is 19.7 Å². The molecule has 6 heteroatoms. The van der Waals surface area contributed by atoms with Gasteiger partial charge in [-0.25, -0.2) is 0 Å². The van der Waals surface area contributed by atoms with Crippen molar-refractivity contribution < 1.29 is 14.6 Å². The number of nitrogens with zero attached hydrogens (tertiary/aromatic N) is 1. The summed E-state index contributed by atoms with van der Waals surface area (Å²) in [6.45, 7) is 0.434. The zero-order valence-corrected chi connectivity index (χ0v) is 13.2. The van der Waals surface area contributed by atoms with Gasteiger partial charge in [0.15, 0.2) is 5.75 Å². The second kappa shape index (κ2) is 6.58. The first-order valence-corrected chi connectivity index (χ1v) is 7.94. The molecule has 1 heterocycles. The van der Waals surface area contributed by atoms with E-state index in [-0.39, 0.29) is 30.2 Å². The van der Waals surface area contributed by atoms with Crippen molar-refractivity contribution in [2.75, 3.05) is 13.7 Å². The van der Waals surface area contributed by atoms with E-state index < -0.39 is 0 Å². The van der Waals surface area contributed by atoms with Gasteiger partial charge in [0.1, 0.15) is 6.54 Å². The Bertz CT molecular complexity index is 680. The molecule has 2 N–H and O–H groups in total. The lowest BCUT2D eigenvalue weighted by molar-refractivity contribution is -0.121. The average Bonchev–Trinajstić information content (AvgIpc) is 3.17. The van der Waals surface area contributed by atoms with E-state index in [1.165, 1.54) is 25.8 Å². The molecule has 1 saturated carbocycles. The number of allylic oxidation sites excluding steroid dienone is 2. The van der Waals surface area contributed by atoms with Gasteiger partial charge in [-0.15, -0.1) is 0 Å². The summed E-state index contributed by atoms with van der Waals surface area (Å²) in [7, 11) is 1.41. The van der Waals surface area contributed by atoms with Gasteiger partial charge in [0.25, 0.3) is 0 Å². The minimum atomic E-state index is -0.304. The van der Waals surface area contributed by atoms with Crippen LogP contribution in [0.2, 0.25) is 0 Å². The predicted molar refractivity (Wildman–Crippen MR) is 85.0 cm³/mol. The van der Waals surface area contributed by atoms with Crippen molar-refractivity contribution in [2.24, 2.45) is 17.8 Å². The number of methoxy groups -OCH3 is 1. The summed E-state index contributed by atoms with van der Waals surface area (Å²) >= 11 is 0. The standard InChI is InChI=1S/C17H22N2O4/c1-23-16-8-19(14(10-20)6-15(16)21)9-17(22)18-7-13-5-11-2-3-12(13)4-11/h2-3,6,8,11-13,20H,4-5,7,9-10H2,1H3,(H,18,22)/t11-,12+,13-/m1/s1. The zero-order chi connectivity index (χ0) is 16.4. The summed E-state index contributed by atoms with van der Waals surface area (Å²) in [5, 5.41) is 12.3. The molecule has 124 valence electrons. The number of aliphatic hydroxyl groups is 1. The van der Waals surface area contributed by atoms with Crippen molar-refractivity contribution in [1.29, 1.82) is 0 Å². The summed E-state index contributed by atoms with van der Waals surface area (Å²) in [5.41, 5.74) is 0.0933. The van der Waals surface area contributed by atoms with Crippen LogP contribution < -0.4 is 15.5 Å². The maximum atomic E-state index is 12.2. The van der Waals surface area contributed by atoms with E-state index >= 15 is 0 Å². The van der Waals surface area contributed by atoms with E-state index in [9.17, 15) is 14.7 Å². The number of nitrogens with one attached hydrogen (secondary N) is 1. The molecule has 2 aliphatic rings. The Kier molecular flexibility index (Phi) is 4.52. The first-order chi connectivity index (χ1) is 11.1. The highest BCUT2D eigenvalue weighted by molar-refractivity contribution is 5.75. The van der Waals surface area contributed by atoms with Gasteiger partial charge in [0, 0.05) is 18.3 Å². The molecule has 0 unspecified atom stereocenters. The molecular weight excluding hydrogens is 296 g/mol. The lowest BCUT2D eigenvalue weighted by Crippen LogP contribution is -2.34. The molecule has 3 atom stereocenters. The van der Waals surface area contributed by atoms with E-state index in [0.717, 1.165) is 6.42 Å². The lowest BCUT2D eigenvalue weighted by Gasteiger charge is -2.19. The Morgan fingerprint density at radius 1 is 1.43 bits per heavy atom. The van der Waals surface area contributed by atoms with Crippen molar-refractivity contribution in [3.8, 4) is 5.75 Å². The summed E-state index contributed by atoms with van der Waals surface area (Å²) in [4.78, 5) is 23.9. The number of amides is 1. The van der Waals surface area contributed by atoms with Crippen molar-refractivity contribution >= 4 is 5.91 Å². The Morgan fingerprint density at radius 3 is 2.87 bits per heavy atom. The number of hydrogen-bond donors (Lipinski definition) is 2. The normalized spacial score (nSPS) is 24.9. The van der Waals surface area contributed by atoms with Crippen LogP contribution in [0.15, 0.2) is 29.2 Å². The molecule has 3 rings (SSSR count). The van der Waals surface area contributed by atoms with E-state index in [1.54, 1.807) is 4.57 Å². The molecular formula is C17H22N2O4. The van der Waals surface area contributed by atoms with Crippen LogP contribution in [0, 0.1) is 17.8 Å². The maximum absolute atomic E-state index is 12.2. The highest BCUT2D eigenvalue weighted by atomic mass is 16.5. The third-order valence-corrected chi connectivity index (χ3v) is 4.86. The average molecular weight is 318 g/mol. The molecule has 23 heavy (non-hydrogen) atoms. The number of fused-ring (bicyclic) bond motifs is 2. The van der Waals surface area contributed by atoms with Crippen LogP contribution >= 0.6 is 0 Å². The zero-order valence-electron chi connectivity index (χ0n) is 13.2. The number of aliphatic hydroxyl groups excluding tert-OH is 1. The number of carbonyl (C=O) groups excluding carboxylic acids is 1. The Labute approximate surface area is 134 Å². The molecule has 0 spiro atoms. The van der Waals surface area contributed by atoms with Crippen LogP contribution in [0.4, 0.5) is 0 Å². The van der Waals surface area contributed by atoms with Crippen LogP contribution in [0.3, 0.4) is 0 Å². The molecule has 0 radical (unpaired) electrons. The molecule has 1 aromatic heterocycles. The smallest absolute Gasteiger partial charge is 0.239 e. The minimum Gasteiger partial charge on any atom is -0.491 e. The SMILES string of the molecule is COc1cn(CC(=O)NC[C@H]2C[C@@H]3C=C[C@H]2C3)c(CO)cc1=O. The highest BCUT2D eigenvalue weighted by Gasteiger charge is 2.35. The Morgan fingerprint density at radius 2 is 2.26 bits per heavy atom. The summed E-state index contributed by atoms with van der Waals surface area (Å²) < 4.78 is 6.54. The topological polar surface area (TPSA) is 80.6 Å². The van der Waals surface area contributed by atoms with Crippen LogP contribution in [0.5, 0.6) is 5.75 Å². The fourth-order valence-electron chi connectivity index (χ4n) is 3.62. The van der Waals surface area contributed by atoms with E-state index in [0.29, 0.717) is 30.0 Å². The molecule has 1 aromatic rings. The minimum absolute atomic E-state index is 0.0587. The van der Waals surface area contributed by atoms with Crippen molar-refractivity contribution in [3.05, 3.63) is 40.3 Å². The van der Waals surface area contributed by atoms with Gasteiger partial charge in [-0.05, 0) is 30.6 Å². The fourth-order valence-corrected chi connectivity index (χ4v) is 3.62. The maximum Gasteiger partial charge on any atom is 0.239 e. The van der Waals surface area contributed by atoms with E-state index in [4.69, 9.17) is 4.74 Å². The van der Waals surface area contributed by atoms with Crippen LogP contribution in [0.25, 0.3) is 0 Å². The molecule has 0 saturated heterocycles. The predicted octanol–water partition coefficient (Wildman–Crippen LogP) is 0.678. The number of aromatic nitrogens is 1.